The first-order valence-corrected chi connectivity index (χ1v) is 5.51. The largest absolute Gasteiger partial charge is 0.371 e. The molecule has 1 nitrogen and oxygen atoms in total. The summed E-state index contributed by atoms with van der Waals surface area (Å²) >= 11 is 1.81. The lowest BCUT2D eigenvalue weighted by molar-refractivity contribution is 0.617. The number of hydrogen-bond acceptors (Lipinski definition) is 2. The SMILES string of the molecule is CSc1cccc(N2CCC2)c1. The van der Waals surface area contributed by atoms with Gasteiger partial charge in [-0.25, -0.2) is 0 Å². The second-order valence-corrected chi connectivity index (χ2v) is 3.92. The fourth-order valence-corrected chi connectivity index (χ4v) is 1.83. The van der Waals surface area contributed by atoms with Gasteiger partial charge in [0.1, 0.15) is 0 Å². The lowest BCUT2D eigenvalue weighted by Crippen LogP contribution is -2.36. The molecule has 1 aliphatic rings. The minimum atomic E-state index is 1.23. The Bertz CT molecular complexity index is 268. The van der Waals surface area contributed by atoms with Crippen molar-refractivity contribution in [3.63, 3.8) is 0 Å². The van der Waals surface area contributed by atoms with Crippen LogP contribution in [0.4, 0.5) is 5.69 Å². The maximum Gasteiger partial charge on any atom is 0.0377 e. The van der Waals surface area contributed by atoms with Gasteiger partial charge in [0.25, 0.3) is 0 Å². The highest BCUT2D eigenvalue weighted by Crippen LogP contribution is 2.25. The van der Waals surface area contributed by atoms with Crippen LogP contribution >= 0.6 is 11.8 Å². The first kappa shape index (κ1) is 7.99. The third-order valence-corrected chi connectivity index (χ3v) is 3.00. The molecule has 2 heteroatoms. The second-order valence-electron chi connectivity index (χ2n) is 3.04. The van der Waals surface area contributed by atoms with Crippen molar-refractivity contribution in [2.45, 2.75) is 11.3 Å². The number of nitrogens with zero attached hydrogens (tertiary/aromatic N) is 1. The molecule has 0 bridgehead atoms. The Morgan fingerprint density at radius 1 is 1.33 bits per heavy atom. The third kappa shape index (κ3) is 1.44. The van der Waals surface area contributed by atoms with Crippen LogP contribution in [0.3, 0.4) is 0 Å². The molecular formula is C10H13NS. The highest BCUT2D eigenvalue weighted by molar-refractivity contribution is 7.98. The summed E-state index contributed by atoms with van der Waals surface area (Å²) < 4.78 is 0. The molecule has 0 N–H and O–H groups in total. The monoisotopic (exact) mass is 179 g/mol. The predicted molar refractivity (Wildman–Crippen MR) is 55.1 cm³/mol. The van der Waals surface area contributed by atoms with Crippen LogP contribution in [0.5, 0.6) is 0 Å². The Labute approximate surface area is 77.8 Å². The molecule has 0 aliphatic carbocycles. The van der Waals surface area contributed by atoms with Gasteiger partial charge < -0.3 is 4.90 Å². The van der Waals surface area contributed by atoms with Gasteiger partial charge in [0.15, 0.2) is 0 Å². The third-order valence-electron chi connectivity index (χ3n) is 2.27. The Hall–Kier alpha value is -0.630. The van der Waals surface area contributed by atoms with Crippen LogP contribution in [-0.2, 0) is 0 Å². The molecule has 0 unspecified atom stereocenters. The summed E-state index contributed by atoms with van der Waals surface area (Å²) in [4.78, 5) is 3.78. The fourth-order valence-electron chi connectivity index (χ4n) is 1.38. The highest BCUT2D eigenvalue weighted by atomic mass is 32.2. The number of rotatable bonds is 2. The zero-order valence-corrected chi connectivity index (χ0v) is 8.10. The molecular weight excluding hydrogens is 166 g/mol. The van der Waals surface area contributed by atoms with Gasteiger partial charge in [-0.05, 0) is 30.9 Å². The van der Waals surface area contributed by atoms with Crippen LogP contribution in [0, 0.1) is 0 Å². The van der Waals surface area contributed by atoms with E-state index in [1.165, 1.54) is 30.1 Å². The quantitative estimate of drug-likeness (QED) is 0.642. The normalized spacial score (nSPS) is 15.9. The topological polar surface area (TPSA) is 3.24 Å². The van der Waals surface area contributed by atoms with Crippen molar-refractivity contribution in [1.29, 1.82) is 0 Å². The number of benzene rings is 1. The molecule has 2 rings (SSSR count). The van der Waals surface area contributed by atoms with E-state index < -0.39 is 0 Å². The lowest BCUT2D eigenvalue weighted by atomic mass is 10.2. The van der Waals surface area contributed by atoms with Crippen molar-refractivity contribution in [3.8, 4) is 0 Å². The van der Waals surface area contributed by atoms with Crippen molar-refractivity contribution >= 4 is 17.4 Å². The summed E-state index contributed by atoms with van der Waals surface area (Å²) in [6.07, 6.45) is 3.47. The summed E-state index contributed by atoms with van der Waals surface area (Å²) in [6.45, 7) is 2.47. The summed E-state index contributed by atoms with van der Waals surface area (Å²) in [5.41, 5.74) is 1.38. The van der Waals surface area contributed by atoms with Crippen molar-refractivity contribution < 1.29 is 0 Å². The molecule has 1 saturated heterocycles. The van der Waals surface area contributed by atoms with Crippen molar-refractivity contribution in [2.24, 2.45) is 0 Å². The van der Waals surface area contributed by atoms with Crippen LogP contribution in [0.1, 0.15) is 6.42 Å². The molecule has 1 aromatic carbocycles. The summed E-state index contributed by atoms with van der Waals surface area (Å²) in [5.74, 6) is 0. The maximum atomic E-state index is 2.42. The molecule has 1 fully saturated rings. The second kappa shape index (κ2) is 3.40. The van der Waals surface area contributed by atoms with Crippen LogP contribution in [0.2, 0.25) is 0 Å². The maximum absolute atomic E-state index is 2.42. The van der Waals surface area contributed by atoms with Crippen LogP contribution < -0.4 is 4.90 Å². The Morgan fingerprint density at radius 3 is 2.75 bits per heavy atom. The molecule has 1 aliphatic heterocycles. The summed E-state index contributed by atoms with van der Waals surface area (Å²) in [7, 11) is 0. The molecule has 0 aromatic heterocycles. The average Bonchev–Trinajstić information content (AvgIpc) is 2.02. The van der Waals surface area contributed by atoms with E-state index in [4.69, 9.17) is 0 Å². The van der Waals surface area contributed by atoms with Gasteiger partial charge in [0.05, 0.1) is 0 Å². The van der Waals surface area contributed by atoms with E-state index in [-0.39, 0.29) is 0 Å². The molecule has 64 valence electrons. The Morgan fingerprint density at radius 2 is 2.17 bits per heavy atom. The molecule has 0 radical (unpaired) electrons. The molecule has 12 heavy (non-hydrogen) atoms. The Kier molecular flexibility index (Phi) is 2.26. The summed E-state index contributed by atoms with van der Waals surface area (Å²) in [5, 5.41) is 0. The predicted octanol–water partition coefficient (Wildman–Crippen LogP) is 2.62. The smallest absolute Gasteiger partial charge is 0.0377 e. The Balaban J connectivity index is 2.19. The molecule has 0 amide bonds. The zero-order chi connectivity index (χ0) is 8.39. The van der Waals surface area contributed by atoms with Gasteiger partial charge in [-0.15, -0.1) is 11.8 Å². The van der Waals surface area contributed by atoms with Gasteiger partial charge in [-0.3, -0.25) is 0 Å². The van der Waals surface area contributed by atoms with Gasteiger partial charge >= 0.3 is 0 Å². The number of hydrogen-bond donors (Lipinski definition) is 0. The van der Waals surface area contributed by atoms with E-state index in [2.05, 4.69) is 35.4 Å². The van der Waals surface area contributed by atoms with Gasteiger partial charge in [0.2, 0.25) is 0 Å². The molecule has 0 saturated carbocycles. The fraction of sp³-hybridized carbons (Fsp3) is 0.400. The zero-order valence-electron chi connectivity index (χ0n) is 7.29. The summed E-state index contributed by atoms with van der Waals surface area (Å²) in [6, 6.07) is 8.76. The number of anilines is 1. The molecule has 0 spiro atoms. The minimum Gasteiger partial charge on any atom is -0.371 e. The average molecular weight is 179 g/mol. The van der Waals surface area contributed by atoms with Gasteiger partial charge in [-0.2, -0.15) is 0 Å². The van der Waals surface area contributed by atoms with Gasteiger partial charge in [-0.1, -0.05) is 6.07 Å². The van der Waals surface area contributed by atoms with Gasteiger partial charge in [0, 0.05) is 23.7 Å². The van der Waals surface area contributed by atoms with E-state index in [1.54, 1.807) is 0 Å². The first-order chi connectivity index (χ1) is 5.90. The van der Waals surface area contributed by atoms with E-state index in [9.17, 15) is 0 Å². The van der Waals surface area contributed by atoms with Crippen molar-refractivity contribution in [1.82, 2.24) is 0 Å². The number of thioether (sulfide) groups is 1. The van der Waals surface area contributed by atoms with E-state index >= 15 is 0 Å². The van der Waals surface area contributed by atoms with Crippen molar-refractivity contribution in [3.05, 3.63) is 24.3 Å². The van der Waals surface area contributed by atoms with E-state index in [1.807, 2.05) is 11.8 Å². The van der Waals surface area contributed by atoms with E-state index in [0.29, 0.717) is 0 Å². The van der Waals surface area contributed by atoms with Crippen molar-refractivity contribution in [2.75, 3.05) is 24.2 Å². The molecule has 1 aromatic rings. The molecule has 1 heterocycles. The minimum absolute atomic E-state index is 1.23. The van der Waals surface area contributed by atoms with E-state index in [0.717, 1.165) is 0 Å². The van der Waals surface area contributed by atoms with Crippen LogP contribution in [0.15, 0.2) is 29.2 Å². The molecule has 0 atom stereocenters. The first-order valence-electron chi connectivity index (χ1n) is 4.29. The standard InChI is InChI=1S/C10H13NS/c1-12-10-5-2-4-9(8-10)11-6-3-7-11/h2,4-5,8H,3,6-7H2,1H3. The van der Waals surface area contributed by atoms with Crippen LogP contribution in [0.25, 0.3) is 0 Å². The van der Waals surface area contributed by atoms with Crippen LogP contribution in [-0.4, -0.2) is 19.3 Å². The lowest BCUT2D eigenvalue weighted by Gasteiger charge is -2.33. The highest BCUT2D eigenvalue weighted by Gasteiger charge is 2.13.